The predicted molar refractivity (Wildman–Crippen MR) is 118 cm³/mol. The Bertz CT molecular complexity index is 897. The van der Waals surface area contributed by atoms with E-state index in [0.29, 0.717) is 25.6 Å². The van der Waals surface area contributed by atoms with Crippen molar-refractivity contribution in [3.63, 3.8) is 0 Å². The summed E-state index contributed by atoms with van der Waals surface area (Å²) in [6.07, 6.45) is 0.449. The number of nitrogens with zero attached hydrogens (tertiary/aromatic N) is 3. The van der Waals surface area contributed by atoms with Crippen molar-refractivity contribution in [2.75, 3.05) is 26.8 Å². The zero-order valence-electron chi connectivity index (χ0n) is 18.0. The number of rotatable bonds is 11. The first kappa shape index (κ1) is 22.0. The van der Waals surface area contributed by atoms with E-state index in [4.69, 9.17) is 14.6 Å². The SMILES string of the molecule is CCCN(Cc1c(C)nn(-c2ccccc2)c1Oc1ccccc1)C[C@@H](O)COC. The molecular weight excluding hydrogens is 378 g/mol. The monoisotopic (exact) mass is 409 g/mol. The Hall–Kier alpha value is -2.67. The summed E-state index contributed by atoms with van der Waals surface area (Å²) in [6.45, 7) is 6.48. The summed E-state index contributed by atoms with van der Waals surface area (Å²) in [4.78, 5) is 2.22. The van der Waals surface area contributed by atoms with E-state index in [0.717, 1.165) is 35.7 Å². The number of aliphatic hydroxyl groups excluding tert-OH is 1. The number of aliphatic hydroxyl groups is 1. The quantitative estimate of drug-likeness (QED) is 0.515. The second kappa shape index (κ2) is 10.9. The molecule has 0 aliphatic heterocycles. The van der Waals surface area contributed by atoms with Gasteiger partial charge in [-0.05, 0) is 44.2 Å². The highest BCUT2D eigenvalue weighted by Gasteiger charge is 2.22. The number of benzene rings is 2. The van der Waals surface area contributed by atoms with Gasteiger partial charge in [-0.1, -0.05) is 43.3 Å². The van der Waals surface area contributed by atoms with Crippen LogP contribution < -0.4 is 4.74 Å². The number of ether oxygens (including phenoxy) is 2. The van der Waals surface area contributed by atoms with Crippen LogP contribution in [0.1, 0.15) is 24.6 Å². The van der Waals surface area contributed by atoms with Crippen LogP contribution in [0.2, 0.25) is 0 Å². The fourth-order valence-electron chi connectivity index (χ4n) is 3.49. The van der Waals surface area contributed by atoms with Crippen molar-refractivity contribution in [3.8, 4) is 17.3 Å². The van der Waals surface area contributed by atoms with Crippen LogP contribution in [0.4, 0.5) is 0 Å². The van der Waals surface area contributed by atoms with Gasteiger partial charge in [0.05, 0.1) is 29.7 Å². The van der Waals surface area contributed by atoms with Crippen LogP contribution in [0.15, 0.2) is 60.7 Å². The molecule has 0 bridgehead atoms. The van der Waals surface area contributed by atoms with E-state index in [9.17, 15) is 5.11 Å². The van der Waals surface area contributed by atoms with Crippen LogP contribution in [-0.4, -0.2) is 52.7 Å². The van der Waals surface area contributed by atoms with Gasteiger partial charge in [0.2, 0.25) is 5.88 Å². The average molecular weight is 410 g/mol. The highest BCUT2D eigenvalue weighted by molar-refractivity contribution is 5.43. The maximum Gasteiger partial charge on any atom is 0.227 e. The van der Waals surface area contributed by atoms with Crippen molar-refractivity contribution < 1.29 is 14.6 Å². The van der Waals surface area contributed by atoms with Crippen LogP contribution in [0.25, 0.3) is 5.69 Å². The molecule has 30 heavy (non-hydrogen) atoms. The van der Waals surface area contributed by atoms with E-state index in [1.807, 2.05) is 72.3 Å². The lowest BCUT2D eigenvalue weighted by Crippen LogP contribution is -2.35. The number of aryl methyl sites for hydroxylation is 1. The Balaban J connectivity index is 1.96. The number of hydrogen-bond acceptors (Lipinski definition) is 5. The lowest BCUT2D eigenvalue weighted by molar-refractivity contribution is 0.0356. The van der Waals surface area contributed by atoms with Gasteiger partial charge in [-0.25, -0.2) is 4.68 Å². The average Bonchev–Trinajstić information content (AvgIpc) is 3.05. The van der Waals surface area contributed by atoms with E-state index in [1.54, 1.807) is 7.11 Å². The third kappa shape index (κ3) is 5.69. The summed E-state index contributed by atoms with van der Waals surface area (Å²) in [5.74, 6) is 1.46. The van der Waals surface area contributed by atoms with Crippen molar-refractivity contribution in [2.45, 2.75) is 32.9 Å². The van der Waals surface area contributed by atoms with Crippen LogP contribution in [0.3, 0.4) is 0 Å². The molecule has 1 atom stereocenters. The third-order valence-electron chi connectivity index (χ3n) is 4.85. The van der Waals surface area contributed by atoms with Gasteiger partial charge in [0.25, 0.3) is 0 Å². The van der Waals surface area contributed by atoms with Gasteiger partial charge < -0.3 is 14.6 Å². The second-order valence-electron chi connectivity index (χ2n) is 7.38. The molecule has 1 aromatic heterocycles. The molecule has 0 spiro atoms. The topological polar surface area (TPSA) is 59.8 Å². The molecular formula is C24H31N3O3. The summed E-state index contributed by atoms with van der Waals surface area (Å²) in [7, 11) is 1.60. The van der Waals surface area contributed by atoms with Crippen molar-refractivity contribution in [3.05, 3.63) is 71.9 Å². The lowest BCUT2D eigenvalue weighted by Gasteiger charge is -2.24. The number of methoxy groups -OCH3 is 1. The summed E-state index contributed by atoms with van der Waals surface area (Å²) in [6, 6.07) is 19.7. The highest BCUT2D eigenvalue weighted by Crippen LogP contribution is 2.31. The summed E-state index contributed by atoms with van der Waals surface area (Å²) >= 11 is 0. The molecule has 3 rings (SSSR count). The maximum atomic E-state index is 10.3. The number of aromatic nitrogens is 2. The molecule has 3 aromatic rings. The molecule has 0 saturated heterocycles. The van der Waals surface area contributed by atoms with Gasteiger partial charge in [0, 0.05) is 20.2 Å². The Kier molecular flexibility index (Phi) is 8.02. The molecule has 160 valence electrons. The van der Waals surface area contributed by atoms with Gasteiger partial charge in [0.1, 0.15) is 5.75 Å². The molecule has 0 aliphatic carbocycles. The molecule has 0 fully saturated rings. The van der Waals surface area contributed by atoms with Gasteiger partial charge in [-0.3, -0.25) is 4.90 Å². The summed E-state index contributed by atoms with van der Waals surface area (Å²) in [5.41, 5.74) is 2.87. The zero-order chi connectivity index (χ0) is 21.3. The molecule has 0 radical (unpaired) electrons. The van der Waals surface area contributed by atoms with Gasteiger partial charge in [0.15, 0.2) is 0 Å². The normalized spacial score (nSPS) is 12.3. The number of hydrogen-bond donors (Lipinski definition) is 1. The van der Waals surface area contributed by atoms with E-state index >= 15 is 0 Å². The van der Waals surface area contributed by atoms with Gasteiger partial charge >= 0.3 is 0 Å². The first-order valence-corrected chi connectivity index (χ1v) is 10.4. The standard InChI is InChI=1S/C24H31N3O3/c1-4-15-26(16-21(28)18-29-3)17-23-19(2)25-27(20-11-7-5-8-12-20)24(23)30-22-13-9-6-10-14-22/h5-14,21,28H,4,15-18H2,1-3H3/t21-/m1/s1. The minimum atomic E-state index is -0.537. The van der Waals surface area contributed by atoms with Crippen LogP contribution >= 0.6 is 0 Å². The molecule has 1 heterocycles. The van der Waals surface area contributed by atoms with Crippen molar-refractivity contribution >= 4 is 0 Å². The smallest absolute Gasteiger partial charge is 0.227 e. The molecule has 2 aromatic carbocycles. The molecule has 6 nitrogen and oxygen atoms in total. The fourth-order valence-corrected chi connectivity index (χ4v) is 3.49. The largest absolute Gasteiger partial charge is 0.439 e. The van der Waals surface area contributed by atoms with E-state index in [2.05, 4.69) is 11.8 Å². The maximum absolute atomic E-state index is 10.3. The van der Waals surface area contributed by atoms with Crippen molar-refractivity contribution in [1.82, 2.24) is 14.7 Å². The summed E-state index contributed by atoms with van der Waals surface area (Å²) < 4.78 is 13.3. The van der Waals surface area contributed by atoms with Crippen molar-refractivity contribution in [1.29, 1.82) is 0 Å². The number of para-hydroxylation sites is 2. The van der Waals surface area contributed by atoms with E-state index in [1.165, 1.54) is 0 Å². The van der Waals surface area contributed by atoms with Crippen LogP contribution in [0, 0.1) is 6.92 Å². The van der Waals surface area contributed by atoms with E-state index < -0.39 is 6.10 Å². The van der Waals surface area contributed by atoms with Crippen LogP contribution in [0.5, 0.6) is 11.6 Å². The third-order valence-corrected chi connectivity index (χ3v) is 4.85. The zero-order valence-corrected chi connectivity index (χ0v) is 18.0. The molecule has 1 N–H and O–H groups in total. The highest BCUT2D eigenvalue weighted by atomic mass is 16.5. The molecule has 0 aliphatic rings. The first-order chi connectivity index (χ1) is 14.6. The molecule has 0 amide bonds. The Morgan fingerprint density at radius 3 is 2.37 bits per heavy atom. The molecule has 0 saturated carbocycles. The van der Waals surface area contributed by atoms with Gasteiger partial charge in [-0.2, -0.15) is 5.10 Å². The Morgan fingerprint density at radius 2 is 1.73 bits per heavy atom. The Morgan fingerprint density at radius 1 is 1.07 bits per heavy atom. The second-order valence-corrected chi connectivity index (χ2v) is 7.38. The molecule has 0 unspecified atom stereocenters. The Labute approximate surface area is 178 Å². The van der Waals surface area contributed by atoms with E-state index in [-0.39, 0.29) is 0 Å². The minimum absolute atomic E-state index is 0.315. The lowest BCUT2D eigenvalue weighted by atomic mass is 10.2. The fraction of sp³-hybridized carbons (Fsp3) is 0.375. The van der Waals surface area contributed by atoms with Crippen LogP contribution in [-0.2, 0) is 11.3 Å². The van der Waals surface area contributed by atoms with Gasteiger partial charge in [-0.15, -0.1) is 0 Å². The van der Waals surface area contributed by atoms with Crippen molar-refractivity contribution in [2.24, 2.45) is 0 Å². The first-order valence-electron chi connectivity index (χ1n) is 10.4. The predicted octanol–water partition coefficient (Wildman–Crippen LogP) is 4.19. The summed E-state index contributed by atoms with van der Waals surface area (Å²) in [5, 5.41) is 15.0. The minimum Gasteiger partial charge on any atom is -0.439 e. The molecule has 6 heteroatoms.